The number of carbonyl (C=O) groups excluding carboxylic acids is 1. The van der Waals surface area contributed by atoms with Crippen molar-refractivity contribution in [1.29, 1.82) is 0 Å². The van der Waals surface area contributed by atoms with Crippen LogP contribution in [0.15, 0.2) is 18.7 Å². The third kappa shape index (κ3) is 4.98. The highest BCUT2D eigenvalue weighted by atomic mass is 32.1. The number of imidazole rings is 1. The van der Waals surface area contributed by atoms with Crippen molar-refractivity contribution in [2.45, 2.75) is 95.6 Å². The number of anilines is 1. The van der Waals surface area contributed by atoms with Crippen LogP contribution in [0.1, 0.15) is 89.2 Å². The van der Waals surface area contributed by atoms with E-state index in [0.717, 1.165) is 25.7 Å². The number of amides is 2. The maximum atomic E-state index is 13.5. The zero-order chi connectivity index (χ0) is 22.5. The topological polar surface area (TPSA) is 100 Å². The molecule has 0 radical (unpaired) electrons. The first-order chi connectivity index (χ1) is 15.6. The number of carbonyl (C=O) groups is 2. The summed E-state index contributed by atoms with van der Waals surface area (Å²) >= 11 is 1.31. The number of aliphatic carboxylic acids is 1. The van der Waals surface area contributed by atoms with Crippen LogP contribution in [0.25, 0.3) is 5.00 Å². The molecule has 2 fully saturated rings. The Kier molecular flexibility index (Phi) is 7.44. The van der Waals surface area contributed by atoms with Gasteiger partial charge in [-0.15, -0.1) is 0 Å². The number of carboxylic acids is 1. The SMILES string of the molecule is CCC(C(=O)O)c1nc(NC(=O)N(C2CCCCC2)C2CCCCC2)sc1-n1ccnc1. The number of nitrogens with one attached hydrogen (secondary N) is 1. The Morgan fingerprint density at radius 2 is 1.78 bits per heavy atom. The van der Waals surface area contributed by atoms with Crippen LogP contribution < -0.4 is 5.32 Å². The van der Waals surface area contributed by atoms with Gasteiger partial charge in [0.05, 0.1) is 12.0 Å². The van der Waals surface area contributed by atoms with Gasteiger partial charge in [-0.3, -0.25) is 14.7 Å². The van der Waals surface area contributed by atoms with Gasteiger partial charge in [0.25, 0.3) is 0 Å². The van der Waals surface area contributed by atoms with Crippen molar-refractivity contribution >= 4 is 28.5 Å². The average Bonchev–Trinajstić information content (AvgIpc) is 3.46. The minimum absolute atomic E-state index is 0.0929. The minimum atomic E-state index is -0.914. The standard InChI is InChI=1S/C23H33N5O3S/c1-2-18(21(29)30)19-20(27-14-13-24-15-27)32-22(25-19)26-23(31)28(16-9-5-3-6-10-16)17-11-7-4-8-12-17/h13-18H,2-12H2,1H3,(H,29,30)(H,25,26,31). The van der Waals surface area contributed by atoms with Crippen LogP contribution in [0.3, 0.4) is 0 Å². The Hall–Kier alpha value is -2.42. The van der Waals surface area contributed by atoms with Gasteiger partial charge in [0.2, 0.25) is 0 Å². The molecule has 2 saturated carbocycles. The van der Waals surface area contributed by atoms with Crippen LogP contribution in [-0.4, -0.2) is 48.6 Å². The van der Waals surface area contributed by atoms with E-state index in [1.807, 2.05) is 6.92 Å². The maximum Gasteiger partial charge on any atom is 0.324 e. The summed E-state index contributed by atoms with van der Waals surface area (Å²) in [6.45, 7) is 1.84. The number of hydrogen-bond acceptors (Lipinski definition) is 5. The van der Waals surface area contributed by atoms with E-state index in [2.05, 4.69) is 20.2 Å². The van der Waals surface area contributed by atoms with Crippen molar-refractivity contribution in [2.75, 3.05) is 5.32 Å². The summed E-state index contributed by atoms with van der Waals surface area (Å²) in [5.41, 5.74) is 0.472. The quantitative estimate of drug-likeness (QED) is 0.577. The predicted molar refractivity (Wildman–Crippen MR) is 125 cm³/mol. The largest absolute Gasteiger partial charge is 0.481 e. The van der Waals surface area contributed by atoms with Gasteiger partial charge in [-0.1, -0.05) is 56.8 Å². The lowest BCUT2D eigenvalue weighted by Gasteiger charge is -2.41. The van der Waals surface area contributed by atoms with Crippen molar-refractivity contribution in [3.63, 3.8) is 0 Å². The Bertz CT molecular complexity index is 883. The van der Waals surface area contributed by atoms with E-state index in [4.69, 9.17) is 0 Å². The molecule has 2 aromatic rings. The molecule has 1 unspecified atom stereocenters. The summed E-state index contributed by atoms with van der Waals surface area (Å²) in [5, 5.41) is 13.9. The summed E-state index contributed by atoms with van der Waals surface area (Å²) < 4.78 is 1.77. The van der Waals surface area contributed by atoms with E-state index in [1.54, 1.807) is 23.3 Å². The molecule has 0 aliphatic heterocycles. The molecule has 0 saturated heterocycles. The molecule has 2 N–H and O–H groups in total. The molecule has 1 atom stereocenters. The first kappa shape index (κ1) is 22.8. The molecule has 9 heteroatoms. The predicted octanol–water partition coefficient (Wildman–Crippen LogP) is 5.41. The third-order valence-electron chi connectivity index (χ3n) is 6.79. The maximum absolute atomic E-state index is 13.5. The van der Waals surface area contributed by atoms with Crippen molar-refractivity contribution in [2.24, 2.45) is 0 Å². The van der Waals surface area contributed by atoms with Crippen LogP contribution in [0.2, 0.25) is 0 Å². The normalized spacial score (nSPS) is 18.9. The summed E-state index contributed by atoms with van der Waals surface area (Å²) in [5.74, 6) is -1.65. The first-order valence-electron chi connectivity index (χ1n) is 11.9. The smallest absolute Gasteiger partial charge is 0.324 e. The van der Waals surface area contributed by atoms with E-state index in [0.29, 0.717) is 22.2 Å². The van der Waals surface area contributed by atoms with Gasteiger partial charge in [0.1, 0.15) is 10.9 Å². The number of urea groups is 1. The lowest BCUT2D eigenvalue weighted by atomic mass is 9.89. The number of carboxylic acid groups (broad SMARTS) is 1. The number of aromatic nitrogens is 3. The highest BCUT2D eigenvalue weighted by Crippen LogP contribution is 2.35. The van der Waals surface area contributed by atoms with Gasteiger partial charge in [-0.2, -0.15) is 0 Å². The molecule has 2 aliphatic rings. The molecule has 174 valence electrons. The minimum Gasteiger partial charge on any atom is -0.481 e. The van der Waals surface area contributed by atoms with Crippen LogP contribution in [0.4, 0.5) is 9.93 Å². The van der Waals surface area contributed by atoms with Gasteiger partial charge in [-0.05, 0) is 32.1 Å². The van der Waals surface area contributed by atoms with Crippen LogP contribution >= 0.6 is 11.3 Å². The number of rotatable bonds is 7. The molecular formula is C23H33N5O3S. The van der Waals surface area contributed by atoms with Crippen LogP contribution in [-0.2, 0) is 4.79 Å². The van der Waals surface area contributed by atoms with Crippen molar-refractivity contribution in [1.82, 2.24) is 19.4 Å². The molecule has 2 amide bonds. The Morgan fingerprint density at radius 3 is 2.28 bits per heavy atom. The van der Waals surface area contributed by atoms with E-state index in [-0.39, 0.29) is 18.1 Å². The van der Waals surface area contributed by atoms with E-state index in [9.17, 15) is 14.7 Å². The first-order valence-corrected chi connectivity index (χ1v) is 12.7. The van der Waals surface area contributed by atoms with E-state index in [1.165, 1.54) is 49.9 Å². The van der Waals surface area contributed by atoms with E-state index >= 15 is 0 Å². The van der Waals surface area contributed by atoms with Crippen LogP contribution in [0.5, 0.6) is 0 Å². The fraction of sp³-hybridized carbons (Fsp3) is 0.652. The van der Waals surface area contributed by atoms with Gasteiger partial charge in [0.15, 0.2) is 5.13 Å². The Morgan fingerprint density at radius 1 is 1.16 bits per heavy atom. The number of nitrogens with zero attached hydrogens (tertiary/aromatic N) is 4. The summed E-state index contributed by atoms with van der Waals surface area (Å²) in [6.07, 6.45) is 16.9. The summed E-state index contributed by atoms with van der Waals surface area (Å²) in [6, 6.07) is 0.466. The zero-order valence-corrected chi connectivity index (χ0v) is 19.5. The molecular weight excluding hydrogens is 426 g/mol. The fourth-order valence-corrected chi connectivity index (χ4v) is 6.13. The second-order valence-corrected chi connectivity index (χ2v) is 9.88. The lowest BCUT2D eigenvalue weighted by molar-refractivity contribution is -0.138. The number of thiazole rings is 1. The van der Waals surface area contributed by atoms with E-state index < -0.39 is 11.9 Å². The molecule has 32 heavy (non-hydrogen) atoms. The third-order valence-corrected chi connectivity index (χ3v) is 7.79. The van der Waals surface area contributed by atoms with Crippen molar-refractivity contribution in [3.05, 3.63) is 24.4 Å². The summed E-state index contributed by atoms with van der Waals surface area (Å²) in [4.78, 5) is 36.2. The summed E-state index contributed by atoms with van der Waals surface area (Å²) in [7, 11) is 0. The molecule has 0 spiro atoms. The Balaban J connectivity index is 1.60. The molecule has 4 rings (SSSR count). The number of hydrogen-bond donors (Lipinski definition) is 2. The van der Waals surface area contributed by atoms with Gasteiger partial charge in [-0.25, -0.2) is 14.8 Å². The molecule has 2 aromatic heterocycles. The molecule has 0 bridgehead atoms. The monoisotopic (exact) mass is 459 g/mol. The fourth-order valence-electron chi connectivity index (χ4n) is 5.16. The molecule has 2 heterocycles. The molecule has 8 nitrogen and oxygen atoms in total. The highest BCUT2D eigenvalue weighted by Gasteiger charge is 2.34. The lowest BCUT2D eigenvalue weighted by Crippen LogP contribution is -2.50. The average molecular weight is 460 g/mol. The van der Waals surface area contributed by atoms with Crippen LogP contribution in [0, 0.1) is 0 Å². The van der Waals surface area contributed by atoms with Crippen molar-refractivity contribution < 1.29 is 14.7 Å². The second-order valence-electron chi connectivity index (χ2n) is 8.90. The second kappa shape index (κ2) is 10.5. The molecule has 2 aliphatic carbocycles. The zero-order valence-electron chi connectivity index (χ0n) is 18.7. The highest BCUT2D eigenvalue weighted by molar-refractivity contribution is 7.18. The van der Waals surface area contributed by atoms with Gasteiger partial charge >= 0.3 is 12.0 Å². The molecule has 0 aromatic carbocycles. The van der Waals surface area contributed by atoms with Gasteiger partial charge < -0.3 is 10.0 Å². The Labute approximate surface area is 193 Å². The van der Waals surface area contributed by atoms with Gasteiger partial charge in [0, 0.05) is 24.5 Å². The van der Waals surface area contributed by atoms with Crippen molar-refractivity contribution in [3.8, 4) is 5.00 Å².